The van der Waals surface area contributed by atoms with Crippen LogP contribution in [-0.4, -0.2) is 29.9 Å². The summed E-state index contributed by atoms with van der Waals surface area (Å²) < 4.78 is 7.43. The van der Waals surface area contributed by atoms with E-state index in [9.17, 15) is 4.79 Å². The SMILES string of the molecule is CC(C)OCCCNC(=O)Nc1cn(C)c2ccccc12. The van der Waals surface area contributed by atoms with Crippen LogP contribution in [0.1, 0.15) is 20.3 Å². The number of hydrogen-bond acceptors (Lipinski definition) is 2. The highest BCUT2D eigenvalue weighted by molar-refractivity contribution is 6.01. The first-order chi connectivity index (χ1) is 10.1. The number of fused-ring (bicyclic) bond motifs is 1. The highest BCUT2D eigenvalue weighted by Gasteiger charge is 2.08. The van der Waals surface area contributed by atoms with Crippen LogP contribution in [0.15, 0.2) is 30.5 Å². The molecule has 1 heterocycles. The van der Waals surface area contributed by atoms with E-state index in [-0.39, 0.29) is 12.1 Å². The van der Waals surface area contributed by atoms with E-state index in [2.05, 4.69) is 10.6 Å². The van der Waals surface area contributed by atoms with Crippen molar-refractivity contribution in [1.82, 2.24) is 9.88 Å². The summed E-state index contributed by atoms with van der Waals surface area (Å²) in [5.41, 5.74) is 1.92. The molecule has 0 aliphatic heterocycles. The van der Waals surface area contributed by atoms with Gasteiger partial charge in [0.2, 0.25) is 0 Å². The van der Waals surface area contributed by atoms with E-state index in [1.54, 1.807) is 0 Å². The number of rotatable bonds is 6. The molecule has 1 aromatic carbocycles. The van der Waals surface area contributed by atoms with Crippen LogP contribution in [0.25, 0.3) is 10.9 Å². The predicted molar refractivity (Wildman–Crippen MR) is 85.6 cm³/mol. The fraction of sp³-hybridized carbons (Fsp3) is 0.438. The number of urea groups is 1. The lowest BCUT2D eigenvalue weighted by Gasteiger charge is -2.09. The van der Waals surface area contributed by atoms with Crippen LogP contribution in [-0.2, 0) is 11.8 Å². The molecule has 2 rings (SSSR count). The molecule has 21 heavy (non-hydrogen) atoms. The van der Waals surface area contributed by atoms with Gasteiger partial charge in [-0.05, 0) is 26.3 Å². The van der Waals surface area contributed by atoms with Crippen molar-refractivity contribution in [2.45, 2.75) is 26.4 Å². The van der Waals surface area contributed by atoms with Crippen LogP contribution >= 0.6 is 0 Å². The molecule has 1 aromatic heterocycles. The lowest BCUT2D eigenvalue weighted by molar-refractivity contribution is 0.0775. The second-order valence-corrected chi connectivity index (χ2v) is 5.32. The summed E-state index contributed by atoms with van der Waals surface area (Å²) in [4.78, 5) is 11.9. The Hall–Kier alpha value is -2.01. The highest BCUT2D eigenvalue weighted by atomic mass is 16.5. The molecule has 0 aliphatic rings. The molecule has 2 N–H and O–H groups in total. The van der Waals surface area contributed by atoms with Crippen LogP contribution in [0.2, 0.25) is 0 Å². The Morgan fingerprint density at radius 2 is 2.10 bits per heavy atom. The van der Waals surface area contributed by atoms with Crippen molar-refractivity contribution in [2.24, 2.45) is 7.05 Å². The first-order valence-electron chi connectivity index (χ1n) is 7.28. The molecule has 2 aromatic rings. The van der Waals surface area contributed by atoms with Crippen LogP contribution in [0.3, 0.4) is 0 Å². The molecular formula is C16H23N3O2. The Morgan fingerprint density at radius 1 is 1.33 bits per heavy atom. The Morgan fingerprint density at radius 3 is 2.86 bits per heavy atom. The summed E-state index contributed by atoms with van der Waals surface area (Å²) in [6.07, 6.45) is 2.96. The van der Waals surface area contributed by atoms with Crippen LogP contribution in [0.4, 0.5) is 10.5 Å². The third-order valence-electron chi connectivity index (χ3n) is 3.20. The first kappa shape index (κ1) is 15.4. The van der Waals surface area contributed by atoms with Gasteiger partial charge >= 0.3 is 6.03 Å². The molecule has 2 amide bonds. The van der Waals surface area contributed by atoms with E-state index >= 15 is 0 Å². The van der Waals surface area contributed by atoms with Gasteiger partial charge in [0, 0.05) is 37.3 Å². The molecule has 0 aliphatic carbocycles. The number of para-hydroxylation sites is 1. The second-order valence-electron chi connectivity index (χ2n) is 5.32. The number of anilines is 1. The Balaban J connectivity index is 1.84. The lowest BCUT2D eigenvalue weighted by atomic mass is 10.2. The Kier molecular flexibility index (Phi) is 5.22. The molecule has 0 bridgehead atoms. The second kappa shape index (κ2) is 7.13. The summed E-state index contributed by atoms with van der Waals surface area (Å²) in [6.45, 7) is 5.26. The number of aromatic nitrogens is 1. The lowest BCUT2D eigenvalue weighted by Crippen LogP contribution is -2.30. The van der Waals surface area contributed by atoms with Crippen molar-refractivity contribution in [3.63, 3.8) is 0 Å². The van der Waals surface area contributed by atoms with Crippen molar-refractivity contribution in [2.75, 3.05) is 18.5 Å². The van der Waals surface area contributed by atoms with Gasteiger partial charge in [0.1, 0.15) is 0 Å². The Bertz CT molecular complexity index is 605. The smallest absolute Gasteiger partial charge is 0.319 e. The third kappa shape index (κ3) is 4.23. The van der Waals surface area contributed by atoms with E-state index < -0.39 is 0 Å². The van der Waals surface area contributed by atoms with Gasteiger partial charge in [-0.2, -0.15) is 0 Å². The molecule has 0 saturated carbocycles. The van der Waals surface area contributed by atoms with E-state index in [1.807, 2.05) is 55.9 Å². The third-order valence-corrected chi connectivity index (χ3v) is 3.20. The molecule has 0 radical (unpaired) electrons. The van der Waals surface area contributed by atoms with Crippen molar-refractivity contribution >= 4 is 22.6 Å². The number of hydrogen-bond donors (Lipinski definition) is 2. The normalized spacial score (nSPS) is 11.0. The van der Waals surface area contributed by atoms with Gasteiger partial charge in [-0.1, -0.05) is 18.2 Å². The summed E-state index contributed by atoms with van der Waals surface area (Å²) >= 11 is 0. The largest absolute Gasteiger partial charge is 0.379 e. The van der Waals surface area contributed by atoms with E-state index in [1.165, 1.54) is 0 Å². The number of benzene rings is 1. The van der Waals surface area contributed by atoms with Crippen molar-refractivity contribution in [3.8, 4) is 0 Å². The quantitative estimate of drug-likeness (QED) is 0.803. The van der Waals surface area contributed by atoms with Gasteiger partial charge in [-0.25, -0.2) is 4.79 Å². The van der Waals surface area contributed by atoms with Gasteiger partial charge in [0.15, 0.2) is 0 Å². The summed E-state index contributed by atoms with van der Waals surface area (Å²) in [6, 6.07) is 7.80. The van der Waals surface area contributed by atoms with Gasteiger partial charge < -0.3 is 19.9 Å². The molecule has 0 fully saturated rings. The topological polar surface area (TPSA) is 55.3 Å². The summed E-state index contributed by atoms with van der Waals surface area (Å²) in [5.74, 6) is 0. The maximum absolute atomic E-state index is 11.9. The predicted octanol–water partition coefficient (Wildman–Crippen LogP) is 3.11. The maximum Gasteiger partial charge on any atom is 0.319 e. The number of nitrogens with one attached hydrogen (secondary N) is 2. The summed E-state index contributed by atoms with van der Waals surface area (Å²) in [5, 5.41) is 6.77. The highest BCUT2D eigenvalue weighted by Crippen LogP contribution is 2.24. The number of ether oxygens (including phenoxy) is 1. The summed E-state index contributed by atoms with van der Waals surface area (Å²) in [7, 11) is 1.97. The number of nitrogens with zero attached hydrogens (tertiary/aromatic N) is 1. The monoisotopic (exact) mass is 289 g/mol. The number of aryl methyl sites for hydroxylation is 1. The fourth-order valence-corrected chi connectivity index (χ4v) is 2.20. The zero-order valence-corrected chi connectivity index (χ0v) is 12.8. The minimum atomic E-state index is -0.184. The number of amides is 2. The molecule has 0 saturated heterocycles. The number of carbonyl (C=O) groups excluding carboxylic acids is 1. The molecule has 5 heteroatoms. The number of carbonyl (C=O) groups is 1. The first-order valence-corrected chi connectivity index (χ1v) is 7.28. The molecule has 114 valence electrons. The van der Waals surface area contributed by atoms with Crippen molar-refractivity contribution < 1.29 is 9.53 Å². The van der Waals surface area contributed by atoms with Crippen LogP contribution in [0.5, 0.6) is 0 Å². The van der Waals surface area contributed by atoms with E-state index in [4.69, 9.17) is 4.74 Å². The maximum atomic E-state index is 11.9. The molecule has 0 atom stereocenters. The van der Waals surface area contributed by atoms with Crippen molar-refractivity contribution in [3.05, 3.63) is 30.5 Å². The molecular weight excluding hydrogens is 266 g/mol. The fourth-order valence-electron chi connectivity index (χ4n) is 2.20. The minimum Gasteiger partial charge on any atom is -0.379 e. The minimum absolute atomic E-state index is 0.184. The Labute approximate surface area is 125 Å². The average molecular weight is 289 g/mol. The van der Waals surface area contributed by atoms with Crippen LogP contribution in [0, 0.1) is 0 Å². The molecule has 0 spiro atoms. The van der Waals surface area contributed by atoms with Gasteiger partial charge in [-0.15, -0.1) is 0 Å². The average Bonchev–Trinajstić information content (AvgIpc) is 2.75. The van der Waals surface area contributed by atoms with Gasteiger partial charge in [0.05, 0.1) is 11.8 Å². The molecule has 0 unspecified atom stereocenters. The zero-order chi connectivity index (χ0) is 15.2. The van der Waals surface area contributed by atoms with Crippen LogP contribution < -0.4 is 10.6 Å². The zero-order valence-electron chi connectivity index (χ0n) is 12.8. The van der Waals surface area contributed by atoms with E-state index in [0.29, 0.717) is 13.2 Å². The van der Waals surface area contributed by atoms with Gasteiger partial charge in [0.25, 0.3) is 0 Å². The van der Waals surface area contributed by atoms with Gasteiger partial charge in [-0.3, -0.25) is 0 Å². The van der Waals surface area contributed by atoms with E-state index in [0.717, 1.165) is 23.0 Å². The molecule has 5 nitrogen and oxygen atoms in total. The standard InChI is InChI=1S/C16H23N3O2/c1-12(2)21-10-6-9-17-16(20)18-14-11-19(3)15-8-5-4-7-13(14)15/h4-5,7-8,11-12H,6,9-10H2,1-3H3,(H2,17,18,20). The van der Waals surface area contributed by atoms with Crippen molar-refractivity contribution in [1.29, 1.82) is 0 Å².